The molecule has 3 heteroatoms. The molecule has 3 nitrogen and oxygen atoms in total. The van der Waals surface area contributed by atoms with Crippen molar-refractivity contribution < 1.29 is 15.0 Å². The van der Waals surface area contributed by atoms with Crippen LogP contribution in [0, 0.1) is 28.6 Å². The zero-order chi connectivity index (χ0) is 15.7. The molecule has 22 heavy (non-hydrogen) atoms. The molecule has 0 saturated heterocycles. The largest absolute Gasteiger partial charge is 0.390 e. The highest BCUT2D eigenvalue weighted by Crippen LogP contribution is 2.63. The number of carbonyl (C=O) groups excluding carboxylic acids is 1. The van der Waals surface area contributed by atoms with E-state index >= 15 is 0 Å². The Balaban J connectivity index is 1.71. The summed E-state index contributed by atoms with van der Waals surface area (Å²) in [7, 11) is 0. The molecule has 3 saturated carbocycles. The molecule has 2 unspecified atom stereocenters. The maximum Gasteiger partial charge on any atom is 0.139 e. The molecule has 0 aromatic carbocycles. The molecular formula is C19H28O3. The molecule has 0 aromatic rings. The number of ketones is 1. The van der Waals surface area contributed by atoms with E-state index in [9.17, 15) is 15.0 Å². The number of aliphatic hydroxyl groups is 2. The van der Waals surface area contributed by atoms with E-state index in [0.717, 1.165) is 44.1 Å². The first kappa shape index (κ1) is 14.9. The zero-order valence-electron chi connectivity index (χ0n) is 13.7. The highest BCUT2D eigenvalue weighted by Gasteiger charge is 2.59. The van der Waals surface area contributed by atoms with Crippen molar-refractivity contribution in [3.8, 4) is 0 Å². The summed E-state index contributed by atoms with van der Waals surface area (Å²) in [5, 5.41) is 20.5. The van der Waals surface area contributed by atoms with Crippen LogP contribution in [0.5, 0.6) is 0 Å². The van der Waals surface area contributed by atoms with Crippen molar-refractivity contribution in [1.29, 1.82) is 0 Å². The first-order chi connectivity index (χ1) is 10.4. The topological polar surface area (TPSA) is 57.5 Å². The Labute approximate surface area is 132 Å². The predicted octanol–water partition coefficient (Wildman–Crippen LogP) is 2.85. The Morgan fingerprint density at radius 2 is 1.73 bits per heavy atom. The molecular weight excluding hydrogens is 276 g/mol. The van der Waals surface area contributed by atoms with Gasteiger partial charge in [-0.05, 0) is 67.3 Å². The molecule has 0 spiro atoms. The van der Waals surface area contributed by atoms with Gasteiger partial charge in [0.25, 0.3) is 0 Å². The minimum atomic E-state index is -0.682. The van der Waals surface area contributed by atoms with Crippen molar-refractivity contribution in [3.05, 3.63) is 11.6 Å². The zero-order valence-corrected chi connectivity index (χ0v) is 13.7. The molecule has 0 bridgehead atoms. The van der Waals surface area contributed by atoms with Gasteiger partial charge in [-0.3, -0.25) is 4.79 Å². The van der Waals surface area contributed by atoms with E-state index in [-0.39, 0.29) is 10.8 Å². The van der Waals surface area contributed by atoms with Gasteiger partial charge in [0.1, 0.15) is 11.9 Å². The van der Waals surface area contributed by atoms with Crippen molar-refractivity contribution in [1.82, 2.24) is 0 Å². The number of rotatable bonds is 0. The Morgan fingerprint density at radius 1 is 1.05 bits per heavy atom. The number of aliphatic hydroxyl groups excluding tert-OH is 2. The van der Waals surface area contributed by atoms with Crippen molar-refractivity contribution >= 4 is 5.78 Å². The number of hydrogen-bond acceptors (Lipinski definition) is 3. The monoisotopic (exact) mass is 304 g/mol. The number of hydrogen-bond donors (Lipinski definition) is 2. The van der Waals surface area contributed by atoms with E-state index in [1.54, 1.807) is 0 Å². The average molecular weight is 304 g/mol. The second kappa shape index (κ2) is 4.67. The molecule has 122 valence electrons. The maximum absolute atomic E-state index is 12.4. The Morgan fingerprint density at radius 3 is 2.50 bits per heavy atom. The van der Waals surface area contributed by atoms with Crippen molar-refractivity contribution in [2.24, 2.45) is 28.6 Å². The second-order valence-electron chi connectivity index (χ2n) is 8.66. The van der Waals surface area contributed by atoms with Gasteiger partial charge in [0.2, 0.25) is 0 Å². The molecule has 0 heterocycles. The standard InChI is InChI=1S/C19H28O3/c1-18-10-8-15(20)17(22)14(18)4-3-11-12-5-6-16(21)19(12,2)9-7-13(11)18/h4,11-13,15,17,20,22H,3,5-10H2,1-2H3/t11-,12-,13+,15?,17?,18+,19-/m0/s1. The van der Waals surface area contributed by atoms with Crippen molar-refractivity contribution in [2.45, 2.75) is 71.0 Å². The fourth-order valence-electron chi connectivity index (χ4n) is 6.49. The van der Waals surface area contributed by atoms with Gasteiger partial charge in [-0.15, -0.1) is 0 Å². The third-order valence-corrected chi connectivity index (χ3v) is 7.88. The smallest absolute Gasteiger partial charge is 0.139 e. The lowest BCUT2D eigenvalue weighted by Crippen LogP contribution is -2.53. The normalized spacial score (nSPS) is 54.3. The molecule has 0 aliphatic heterocycles. The highest BCUT2D eigenvalue weighted by molar-refractivity contribution is 5.87. The van der Waals surface area contributed by atoms with Gasteiger partial charge in [0.05, 0.1) is 6.10 Å². The van der Waals surface area contributed by atoms with Crippen LogP contribution in [0.2, 0.25) is 0 Å². The van der Waals surface area contributed by atoms with Crippen LogP contribution in [0.3, 0.4) is 0 Å². The van der Waals surface area contributed by atoms with Crippen LogP contribution >= 0.6 is 0 Å². The lowest BCUT2D eigenvalue weighted by atomic mass is 9.47. The summed E-state index contributed by atoms with van der Waals surface area (Å²) < 4.78 is 0. The van der Waals surface area contributed by atoms with Gasteiger partial charge in [0, 0.05) is 11.8 Å². The van der Waals surface area contributed by atoms with Crippen molar-refractivity contribution in [2.75, 3.05) is 0 Å². The summed E-state index contributed by atoms with van der Waals surface area (Å²) in [6.45, 7) is 4.49. The summed E-state index contributed by atoms with van der Waals surface area (Å²) >= 11 is 0. The Kier molecular flexibility index (Phi) is 3.16. The SMILES string of the molecule is C[C@]12CCC(O)C(O)C1=CC[C@@H]1[C@H]2CC[C@]2(C)C(=O)CC[C@@H]12. The van der Waals surface area contributed by atoms with Gasteiger partial charge >= 0.3 is 0 Å². The Hall–Kier alpha value is -0.670. The Bertz CT molecular complexity index is 539. The van der Waals surface area contributed by atoms with Crippen LogP contribution in [-0.4, -0.2) is 28.2 Å². The first-order valence-electron chi connectivity index (χ1n) is 8.98. The summed E-state index contributed by atoms with van der Waals surface area (Å²) in [5.41, 5.74) is 1.02. The van der Waals surface area contributed by atoms with Crippen LogP contribution in [-0.2, 0) is 4.79 Å². The van der Waals surface area contributed by atoms with Gasteiger partial charge in [-0.25, -0.2) is 0 Å². The van der Waals surface area contributed by atoms with Crippen LogP contribution < -0.4 is 0 Å². The quantitative estimate of drug-likeness (QED) is 0.677. The third-order valence-electron chi connectivity index (χ3n) is 7.88. The van der Waals surface area contributed by atoms with Crippen LogP contribution in [0.15, 0.2) is 11.6 Å². The third kappa shape index (κ3) is 1.73. The summed E-state index contributed by atoms with van der Waals surface area (Å²) in [6.07, 6.45) is 7.50. The van der Waals surface area contributed by atoms with Crippen LogP contribution in [0.25, 0.3) is 0 Å². The average Bonchev–Trinajstić information content (AvgIpc) is 2.79. The predicted molar refractivity (Wildman–Crippen MR) is 84.1 cm³/mol. The van der Waals surface area contributed by atoms with Gasteiger partial charge in [0.15, 0.2) is 0 Å². The molecule has 3 fully saturated rings. The number of fused-ring (bicyclic) bond motifs is 5. The first-order valence-corrected chi connectivity index (χ1v) is 8.98. The van der Waals surface area contributed by atoms with Crippen LogP contribution in [0.4, 0.5) is 0 Å². The molecule has 0 radical (unpaired) electrons. The van der Waals surface area contributed by atoms with Gasteiger partial charge in [-0.2, -0.15) is 0 Å². The van der Waals surface area contributed by atoms with Gasteiger partial charge < -0.3 is 10.2 Å². The summed E-state index contributed by atoms with van der Waals surface area (Å²) in [4.78, 5) is 12.4. The minimum Gasteiger partial charge on any atom is -0.390 e. The van der Waals surface area contributed by atoms with E-state index < -0.39 is 12.2 Å². The van der Waals surface area contributed by atoms with E-state index in [4.69, 9.17) is 0 Å². The number of Topliss-reactive ketones (excluding diaryl/α,β-unsaturated/α-hetero) is 1. The van der Waals surface area contributed by atoms with Crippen LogP contribution in [0.1, 0.15) is 58.8 Å². The fraction of sp³-hybridized carbons (Fsp3) is 0.842. The molecule has 0 aromatic heterocycles. The van der Waals surface area contributed by atoms with E-state index in [1.165, 1.54) is 0 Å². The lowest BCUT2D eigenvalue weighted by molar-refractivity contribution is -0.132. The molecule has 7 atom stereocenters. The summed E-state index contributed by atoms with van der Waals surface area (Å²) in [5.74, 6) is 2.16. The van der Waals surface area contributed by atoms with E-state index in [2.05, 4.69) is 19.9 Å². The maximum atomic E-state index is 12.4. The summed E-state index contributed by atoms with van der Waals surface area (Å²) in [6, 6.07) is 0. The van der Waals surface area contributed by atoms with Gasteiger partial charge in [-0.1, -0.05) is 19.9 Å². The lowest BCUT2D eigenvalue weighted by Gasteiger charge is -2.57. The molecule has 0 amide bonds. The number of allylic oxidation sites excluding steroid dienone is 1. The minimum absolute atomic E-state index is 0.0224. The van der Waals surface area contributed by atoms with E-state index in [1.807, 2.05) is 0 Å². The fourth-order valence-corrected chi connectivity index (χ4v) is 6.49. The number of carbonyl (C=O) groups is 1. The molecule has 4 rings (SSSR count). The second-order valence-corrected chi connectivity index (χ2v) is 8.66. The highest BCUT2D eigenvalue weighted by atomic mass is 16.3. The van der Waals surface area contributed by atoms with E-state index in [0.29, 0.717) is 30.0 Å². The molecule has 4 aliphatic rings. The molecule has 4 aliphatic carbocycles. The molecule has 2 N–H and O–H groups in total. The van der Waals surface area contributed by atoms with Crippen molar-refractivity contribution in [3.63, 3.8) is 0 Å².